The number of hydrogen-bond acceptors (Lipinski definition) is 5. The molecule has 0 aromatic carbocycles. The Morgan fingerprint density at radius 2 is 1.15 bits per heavy atom. The first-order chi connectivity index (χ1) is 12.3. The minimum Gasteiger partial charge on any atom is -0.444 e. The van der Waals surface area contributed by atoms with Crippen molar-refractivity contribution in [2.75, 3.05) is 26.2 Å². The number of alkyl carbamates (subject to hydrolysis) is 2. The highest BCUT2D eigenvalue weighted by molar-refractivity contribution is 5.73. The van der Waals surface area contributed by atoms with Gasteiger partial charge < -0.3 is 25.0 Å². The van der Waals surface area contributed by atoms with Crippen molar-refractivity contribution in [1.29, 1.82) is 0 Å². The zero-order valence-corrected chi connectivity index (χ0v) is 17.9. The van der Waals surface area contributed by atoms with Crippen molar-refractivity contribution < 1.29 is 23.9 Å². The van der Waals surface area contributed by atoms with Crippen LogP contribution in [-0.4, -0.2) is 60.4 Å². The molecule has 0 radical (unpaired) electrons. The molecule has 2 N–H and O–H groups in total. The van der Waals surface area contributed by atoms with Gasteiger partial charge in [0.05, 0.1) is 0 Å². The lowest BCUT2D eigenvalue weighted by atomic mass is 10.2. The van der Waals surface area contributed by atoms with Crippen molar-refractivity contribution in [2.24, 2.45) is 0 Å². The van der Waals surface area contributed by atoms with Crippen LogP contribution in [0.15, 0.2) is 0 Å². The van der Waals surface area contributed by atoms with E-state index in [4.69, 9.17) is 9.47 Å². The van der Waals surface area contributed by atoms with Crippen LogP contribution in [-0.2, 0) is 14.3 Å². The maximum Gasteiger partial charge on any atom is 0.407 e. The number of rotatable bonds is 9. The molecular formula is C19H37N3O5. The molecule has 0 aliphatic carbocycles. The lowest BCUT2D eigenvalue weighted by Crippen LogP contribution is -2.36. The first-order valence-electron chi connectivity index (χ1n) is 9.49. The molecule has 0 atom stereocenters. The molecule has 8 heteroatoms. The molecule has 0 heterocycles. The number of carbonyl (C=O) groups excluding carboxylic acids is 3. The highest BCUT2D eigenvalue weighted by Gasteiger charge is 2.16. The van der Waals surface area contributed by atoms with Gasteiger partial charge in [-0.15, -0.1) is 0 Å². The standard InChI is InChI=1S/C19H37N3O5/c1-15(23)22(14-10-12-21-17(25)27-19(5,6)7)13-9-8-11-20-16(24)26-18(2,3)4/h8-14H2,1-7H3,(H,20,24)(H,21,25). The number of nitrogens with zero attached hydrogens (tertiary/aromatic N) is 1. The predicted octanol–water partition coefficient (Wildman–Crippen LogP) is 3.05. The Morgan fingerprint density at radius 1 is 0.741 bits per heavy atom. The van der Waals surface area contributed by atoms with Crippen molar-refractivity contribution in [1.82, 2.24) is 15.5 Å². The van der Waals surface area contributed by atoms with Gasteiger partial charge in [-0.25, -0.2) is 9.59 Å². The molecule has 158 valence electrons. The summed E-state index contributed by atoms with van der Waals surface area (Å²) in [6, 6.07) is 0. The van der Waals surface area contributed by atoms with Gasteiger partial charge in [0.25, 0.3) is 0 Å². The van der Waals surface area contributed by atoms with Gasteiger partial charge in [0.1, 0.15) is 11.2 Å². The normalized spacial score (nSPS) is 11.5. The largest absolute Gasteiger partial charge is 0.444 e. The van der Waals surface area contributed by atoms with E-state index in [0.717, 1.165) is 12.8 Å². The molecule has 0 fully saturated rings. The third-order valence-electron chi connectivity index (χ3n) is 3.24. The molecular weight excluding hydrogens is 350 g/mol. The van der Waals surface area contributed by atoms with Crippen molar-refractivity contribution in [3.63, 3.8) is 0 Å². The van der Waals surface area contributed by atoms with Gasteiger partial charge in [0, 0.05) is 33.1 Å². The summed E-state index contributed by atoms with van der Waals surface area (Å²) in [4.78, 5) is 36.6. The molecule has 0 aliphatic heterocycles. The number of unbranched alkanes of at least 4 members (excludes halogenated alkanes) is 1. The summed E-state index contributed by atoms with van der Waals surface area (Å²) in [5.74, 6) is -0.00707. The Labute approximate surface area is 163 Å². The highest BCUT2D eigenvalue weighted by Crippen LogP contribution is 2.07. The summed E-state index contributed by atoms with van der Waals surface area (Å²) in [5.41, 5.74) is -1.04. The average Bonchev–Trinajstić information content (AvgIpc) is 2.44. The SMILES string of the molecule is CC(=O)N(CCCCNC(=O)OC(C)(C)C)CCCNC(=O)OC(C)(C)C. The van der Waals surface area contributed by atoms with Crippen molar-refractivity contribution in [3.8, 4) is 0 Å². The first kappa shape index (κ1) is 25.0. The molecule has 0 spiro atoms. The second kappa shape index (κ2) is 11.7. The second-order valence-corrected chi connectivity index (χ2v) is 8.42. The molecule has 27 heavy (non-hydrogen) atoms. The van der Waals surface area contributed by atoms with Gasteiger partial charge in [0.15, 0.2) is 0 Å². The molecule has 0 aromatic heterocycles. The number of amides is 3. The van der Waals surface area contributed by atoms with Crippen LogP contribution >= 0.6 is 0 Å². The molecule has 8 nitrogen and oxygen atoms in total. The quantitative estimate of drug-likeness (QED) is 0.593. The van der Waals surface area contributed by atoms with E-state index in [1.807, 2.05) is 41.5 Å². The topological polar surface area (TPSA) is 97.0 Å². The van der Waals surface area contributed by atoms with Crippen LogP contribution in [0.3, 0.4) is 0 Å². The third-order valence-corrected chi connectivity index (χ3v) is 3.24. The number of carbonyl (C=O) groups is 3. The Morgan fingerprint density at radius 3 is 1.56 bits per heavy atom. The number of nitrogens with one attached hydrogen (secondary N) is 2. The second-order valence-electron chi connectivity index (χ2n) is 8.42. The fourth-order valence-corrected chi connectivity index (χ4v) is 2.13. The van der Waals surface area contributed by atoms with E-state index in [1.165, 1.54) is 6.92 Å². The minimum absolute atomic E-state index is 0.00707. The Kier molecular flexibility index (Phi) is 10.8. The van der Waals surface area contributed by atoms with Gasteiger partial charge in [-0.1, -0.05) is 0 Å². The zero-order valence-electron chi connectivity index (χ0n) is 17.9. The lowest BCUT2D eigenvalue weighted by Gasteiger charge is -2.22. The molecule has 0 bridgehead atoms. The first-order valence-corrected chi connectivity index (χ1v) is 9.49. The third kappa shape index (κ3) is 15.9. The minimum atomic E-state index is -0.525. The summed E-state index contributed by atoms with van der Waals surface area (Å²) in [6.07, 6.45) is 1.28. The van der Waals surface area contributed by atoms with E-state index in [-0.39, 0.29) is 5.91 Å². The van der Waals surface area contributed by atoms with Crippen LogP contribution in [0.1, 0.15) is 67.7 Å². The van der Waals surface area contributed by atoms with Crippen LogP contribution in [0.25, 0.3) is 0 Å². The lowest BCUT2D eigenvalue weighted by molar-refractivity contribution is -0.129. The smallest absolute Gasteiger partial charge is 0.407 e. The Balaban J connectivity index is 3.94. The van der Waals surface area contributed by atoms with Crippen LogP contribution < -0.4 is 10.6 Å². The van der Waals surface area contributed by atoms with Crippen LogP contribution in [0.2, 0.25) is 0 Å². The summed E-state index contributed by atoms with van der Waals surface area (Å²) >= 11 is 0. The number of ether oxygens (including phenoxy) is 2. The summed E-state index contributed by atoms with van der Waals surface area (Å²) in [5, 5.41) is 5.38. The van der Waals surface area contributed by atoms with Gasteiger partial charge in [-0.05, 0) is 60.8 Å². The Bertz CT molecular complexity index is 481. The highest BCUT2D eigenvalue weighted by atomic mass is 16.6. The molecule has 0 saturated heterocycles. The Hall–Kier alpha value is -1.99. The van der Waals surface area contributed by atoms with Gasteiger partial charge in [-0.3, -0.25) is 4.79 Å². The molecule has 0 aliphatic rings. The fraction of sp³-hybridized carbons (Fsp3) is 0.842. The zero-order chi connectivity index (χ0) is 21.1. The van der Waals surface area contributed by atoms with Crippen LogP contribution in [0.4, 0.5) is 9.59 Å². The van der Waals surface area contributed by atoms with E-state index >= 15 is 0 Å². The predicted molar refractivity (Wildman–Crippen MR) is 105 cm³/mol. The maximum absolute atomic E-state index is 11.7. The van der Waals surface area contributed by atoms with Crippen molar-refractivity contribution in [2.45, 2.75) is 78.9 Å². The van der Waals surface area contributed by atoms with E-state index in [1.54, 1.807) is 4.90 Å². The molecule has 0 aromatic rings. The average molecular weight is 388 g/mol. The van der Waals surface area contributed by atoms with E-state index in [0.29, 0.717) is 32.6 Å². The summed E-state index contributed by atoms with van der Waals surface area (Å²) in [7, 11) is 0. The number of hydrogen-bond donors (Lipinski definition) is 2. The van der Waals surface area contributed by atoms with E-state index < -0.39 is 23.4 Å². The molecule has 3 amide bonds. The van der Waals surface area contributed by atoms with Gasteiger partial charge in [0.2, 0.25) is 5.91 Å². The molecule has 0 unspecified atom stereocenters. The summed E-state index contributed by atoms with van der Waals surface area (Å²) < 4.78 is 10.3. The maximum atomic E-state index is 11.7. The van der Waals surface area contributed by atoms with E-state index in [2.05, 4.69) is 10.6 Å². The summed E-state index contributed by atoms with van der Waals surface area (Å²) in [6.45, 7) is 14.5. The van der Waals surface area contributed by atoms with Crippen molar-refractivity contribution >= 4 is 18.1 Å². The van der Waals surface area contributed by atoms with Crippen LogP contribution in [0, 0.1) is 0 Å². The van der Waals surface area contributed by atoms with Crippen LogP contribution in [0.5, 0.6) is 0 Å². The van der Waals surface area contributed by atoms with Gasteiger partial charge >= 0.3 is 12.2 Å². The van der Waals surface area contributed by atoms with E-state index in [9.17, 15) is 14.4 Å². The molecule has 0 saturated carbocycles. The van der Waals surface area contributed by atoms with Gasteiger partial charge in [-0.2, -0.15) is 0 Å². The van der Waals surface area contributed by atoms with Crippen molar-refractivity contribution in [3.05, 3.63) is 0 Å². The molecule has 0 rings (SSSR count). The fourth-order valence-electron chi connectivity index (χ4n) is 2.13. The monoisotopic (exact) mass is 387 g/mol.